The first kappa shape index (κ1) is 22.6. The molecule has 1 unspecified atom stereocenters. The Morgan fingerprint density at radius 2 is 1.71 bits per heavy atom. The average molecular weight is 338 g/mol. The van der Waals surface area contributed by atoms with Gasteiger partial charge in [0.25, 0.3) is 0 Å². The van der Waals surface area contributed by atoms with E-state index in [1.807, 2.05) is 24.3 Å². The Morgan fingerprint density at radius 1 is 1.00 bits per heavy atom. The van der Waals surface area contributed by atoms with Crippen molar-refractivity contribution in [2.24, 2.45) is 0 Å². The predicted octanol–water partition coefficient (Wildman–Crippen LogP) is 4.65. The number of aliphatic hydroxyl groups excluding tert-OH is 1. The van der Waals surface area contributed by atoms with Gasteiger partial charge in [-0.2, -0.15) is 0 Å². The third-order valence-electron chi connectivity index (χ3n) is 3.50. The summed E-state index contributed by atoms with van der Waals surface area (Å²) in [7, 11) is 0. The maximum Gasteiger partial charge on any atom is 0.329 e. The van der Waals surface area contributed by atoms with Crippen LogP contribution in [0.25, 0.3) is 0 Å². The number of carbonyl (C=O) groups is 1. The van der Waals surface area contributed by atoms with Crippen molar-refractivity contribution < 1.29 is 19.7 Å². The summed E-state index contributed by atoms with van der Waals surface area (Å²) in [6.07, 6.45) is 21.2. The molecule has 4 heteroatoms. The summed E-state index contributed by atoms with van der Waals surface area (Å²) >= 11 is 0. The van der Waals surface area contributed by atoms with E-state index in [9.17, 15) is 9.90 Å². The Morgan fingerprint density at radius 3 is 2.42 bits per heavy atom. The molecule has 0 saturated heterocycles. The monoisotopic (exact) mass is 338 g/mol. The molecule has 0 rings (SSSR count). The molecule has 0 aliphatic rings. The molecule has 0 radical (unpaired) electrons. The number of allylic oxidation sites excluding steroid dienone is 4. The van der Waals surface area contributed by atoms with Crippen LogP contribution in [0.5, 0.6) is 0 Å². The van der Waals surface area contributed by atoms with E-state index in [2.05, 4.69) is 19.1 Å². The summed E-state index contributed by atoms with van der Waals surface area (Å²) in [6.45, 7) is 2.44. The fourth-order valence-corrected chi connectivity index (χ4v) is 2.18. The highest BCUT2D eigenvalue weighted by Gasteiger charge is 1.96. The molecule has 138 valence electrons. The van der Waals surface area contributed by atoms with Crippen molar-refractivity contribution in [1.82, 2.24) is 0 Å². The van der Waals surface area contributed by atoms with Gasteiger partial charge in [-0.05, 0) is 32.1 Å². The van der Waals surface area contributed by atoms with Crippen molar-refractivity contribution in [2.45, 2.75) is 70.8 Å². The van der Waals surface area contributed by atoms with Crippen LogP contribution in [0.1, 0.15) is 64.7 Å². The van der Waals surface area contributed by atoms with Crippen molar-refractivity contribution in [2.75, 3.05) is 13.2 Å². The molecule has 4 nitrogen and oxygen atoms in total. The smallest absolute Gasteiger partial charge is 0.329 e. The first-order valence-corrected chi connectivity index (χ1v) is 9.12. The molecule has 0 aliphatic carbocycles. The second-order valence-electron chi connectivity index (χ2n) is 5.85. The van der Waals surface area contributed by atoms with E-state index in [4.69, 9.17) is 9.84 Å². The molecule has 2 N–H and O–H groups in total. The van der Waals surface area contributed by atoms with E-state index in [1.165, 1.54) is 25.7 Å². The van der Waals surface area contributed by atoms with Gasteiger partial charge in [-0.3, -0.25) is 0 Å². The van der Waals surface area contributed by atoms with E-state index >= 15 is 0 Å². The lowest BCUT2D eigenvalue weighted by Crippen LogP contribution is -2.07. The lowest BCUT2D eigenvalue weighted by atomic mass is 10.1. The predicted molar refractivity (Wildman–Crippen MR) is 99.1 cm³/mol. The molecule has 24 heavy (non-hydrogen) atoms. The van der Waals surface area contributed by atoms with E-state index in [0.29, 0.717) is 13.0 Å². The zero-order chi connectivity index (χ0) is 17.9. The number of hydrogen-bond donors (Lipinski definition) is 2. The van der Waals surface area contributed by atoms with Crippen molar-refractivity contribution in [3.05, 3.63) is 36.5 Å². The van der Waals surface area contributed by atoms with Crippen LogP contribution in [0.15, 0.2) is 36.5 Å². The highest BCUT2D eigenvalue weighted by Crippen LogP contribution is 2.08. The number of carboxylic acid groups (broad SMARTS) is 1. The second-order valence-corrected chi connectivity index (χ2v) is 5.85. The average Bonchev–Trinajstić information content (AvgIpc) is 2.55. The zero-order valence-corrected chi connectivity index (χ0v) is 15.0. The van der Waals surface area contributed by atoms with Crippen molar-refractivity contribution in [1.29, 1.82) is 0 Å². The number of carboxylic acids is 1. The third-order valence-corrected chi connectivity index (χ3v) is 3.50. The molecule has 1 atom stereocenters. The number of hydrogen-bond acceptors (Lipinski definition) is 3. The van der Waals surface area contributed by atoms with Gasteiger partial charge in [0.2, 0.25) is 0 Å². The normalized spacial score (nSPS) is 13.4. The molecule has 0 fully saturated rings. The van der Waals surface area contributed by atoms with E-state index in [0.717, 1.165) is 25.7 Å². The molecule has 0 aromatic rings. The van der Waals surface area contributed by atoms with Gasteiger partial charge < -0.3 is 14.9 Å². The van der Waals surface area contributed by atoms with Gasteiger partial charge in [0.1, 0.15) is 6.61 Å². The van der Waals surface area contributed by atoms with Crippen molar-refractivity contribution >= 4 is 5.97 Å². The Labute approximate surface area is 146 Å². The molecule has 0 saturated carbocycles. The zero-order valence-electron chi connectivity index (χ0n) is 15.0. The van der Waals surface area contributed by atoms with Crippen LogP contribution in [0.3, 0.4) is 0 Å². The first-order chi connectivity index (χ1) is 11.7. The van der Waals surface area contributed by atoms with E-state index < -0.39 is 12.1 Å². The van der Waals surface area contributed by atoms with Crippen LogP contribution in [0, 0.1) is 0 Å². The maximum absolute atomic E-state index is 10.2. The fourth-order valence-electron chi connectivity index (χ4n) is 2.18. The van der Waals surface area contributed by atoms with Crippen LogP contribution in [-0.2, 0) is 9.53 Å². The summed E-state index contributed by atoms with van der Waals surface area (Å²) < 4.78 is 4.99. The van der Waals surface area contributed by atoms with Gasteiger partial charge in [0, 0.05) is 6.61 Å². The molecule has 0 spiro atoms. The topological polar surface area (TPSA) is 66.8 Å². The van der Waals surface area contributed by atoms with Crippen molar-refractivity contribution in [3.63, 3.8) is 0 Å². The third kappa shape index (κ3) is 18.7. The Hall–Kier alpha value is -1.39. The molecular formula is C20H34O4. The quantitative estimate of drug-likeness (QED) is 0.244. The number of ether oxygens (including phenoxy) is 1. The van der Waals surface area contributed by atoms with Gasteiger partial charge in [-0.1, -0.05) is 69.1 Å². The second kappa shape index (κ2) is 18.0. The highest BCUT2D eigenvalue weighted by atomic mass is 16.5. The highest BCUT2D eigenvalue weighted by molar-refractivity contribution is 5.67. The minimum Gasteiger partial charge on any atom is -0.480 e. The summed E-state index contributed by atoms with van der Waals surface area (Å²) in [6, 6.07) is 0. The standard InChI is InChI=1S/C20H34O4/c1-2-3-12-15-19(21)16-13-10-8-6-4-5-7-9-11-14-17-24-18-20(22)23/h3,8,10,12-13,16,19,21H,2,4-7,9,11,14-15,17-18H2,1H3,(H,22,23)/b10-8+,12-3-,16-13-. The Bertz CT molecular complexity index is 372. The Kier molecular flexibility index (Phi) is 16.9. The van der Waals surface area contributed by atoms with Gasteiger partial charge in [0.15, 0.2) is 0 Å². The maximum atomic E-state index is 10.2. The summed E-state index contributed by atoms with van der Waals surface area (Å²) in [5, 5.41) is 18.1. The number of unbranched alkanes of at least 4 members (excludes halogenated alkanes) is 6. The summed E-state index contributed by atoms with van der Waals surface area (Å²) in [5.41, 5.74) is 0. The minimum absolute atomic E-state index is 0.187. The lowest BCUT2D eigenvalue weighted by molar-refractivity contribution is -0.142. The van der Waals surface area contributed by atoms with Crippen LogP contribution >= 0.6 is 0 Å². The van der Waals surface area contributed by atoms with Crippen molar-refractivity contribution in [3.8, 4) is 0 Å². The molecule has 0 aliphatic heterocycles. The number of aliphatic carboxylic acids is 1. The van der Waals surface area contributed by atoms with Gasteiger partial charge in [0.05, 0.1) is 6.10 Å². The molecule has 0 bridgehead atoms. The lowest BCUT2D eigenvalue weighted by Gasteiger charge is -2.01. The number of aliphatic hydroxyl groups is 1. The minimum atomic E-state index is -0.902. The summed E-state index contributed by atoms with van der Waals surface area (Å²) in [5.74, 6) is -0.902. The first-order valence-electron chi connectivity index (χ1n) is 9.12. The van der Waals surface area contributed by atoms with E-state index in [1.54, 1.807) is 0 Å². The Balaban J connectivity index is 3.34. The van der Waals surface area contributed by atoms with Crippen LogP contribution in [0.4, 0.5) is 0 Å². The molecule has 0 heterocycles. The number of rotatable bonds is 16. The van der Waals surface area contributed by atoms with Crippen LogP contribution < -0.4 is 0 Å². The molecule has 0 aromatic carbocycles. The van der Waals surface area contributed by atoms with Crippen LogP contribution in [-0.4, -0.2) is 35.5 Å². The fraction of sp³-hybridized carbons (Fsp3) is 0.650. The van der Waals surface area contributed by atoms with Gasteiger partial charge >= 0.3 is 5.97 Å². The molecule has 0 amide bonds. The largest absolute Gasteiger partial charge is 0.480 e. The SMILES string of the molecule is CC/C=C\CC(O)/C=C\C=C\CCCCCCCCOCC(=O)O. The molecular weight excluding hydrogens is 304 g/mol. The summed E-state index contributed by atoms with van der Waals surface area (Å²) in [4.78, 5) is 10.2. The van der Waals surface area contributed by atoms with Gasteiger partial charge in [-0.25, -0.2) is 4.79 Å². The van der Waals surface area contributed by atoms with Gasteiger partial charge in [-0.15, -0.1) is 0 Å². The van der Waals surface area contributed by atoms with Crippen LogP contribution in [0.2, 0.25) is 0 Å². The van der Waals surface area contributed by atoms with E-state index in [-0.39, 0.29) is 6.61 Å². The molecule has 0 aromatic heterocycles.